The summed E-state index contributed by atoms with van der Waals surface area (Å²) in [5.74, 6) is 0.467. The molecule has 1 fully saturated rings. The third-order valence-corrected chi connectivity index (χ3v) is 7.02. The molecule has 0 amide bonds. The van der Waals surface area contributed by atoms with Gasteiger partial charge >= 0.3 is 0 Å². The lowest BCUT2D eigenvalue weighted by Gasteiger charge is -2.10. The SMILES string of the molecule is Cc1ccc(-n2cnnc2SC2CCS(=O)(=O)C2)cc1Cl. The predicted octanol–water partition coefficient (Wildman–Crippen LogP) is 2.51. The molecule has 3 rings (SSSR count). The fourth-order valence-corrected chi connectivity index (χ4v) is 5.87. The van der Waals surface area contributed by atoms with Crippen molar-refractivity contribution in [2.45, 2.75) is 23.8 Å². The maximum atomic E-state index is 11.5. The van der Waals surface area contributed by atoms with Gasteiger partial charge in [-0.2, -0.15) is 0 Å². The number of sulfone groups is 1. The summed E-state index contributed by atoms with van der Waals surface area (Å²) in [5, 5.41) is 9.44. The number of aryl methyl sites for hydroxylation is 1. The van der Waals surface area contributed by atoms with Crippen LogP contribution in [0.3, 0.4) is 0 Å². The normalized spacial score (nSPS) is 20.8. The maximum Gasteiger partial charge on any atom is 0.195 e. The smallest absolute Gasteiger partial charge is 0.195 e. The van der Waals surface area contributed by atoms with Gasteiger partial charge in [0.15, 0.2) is 15.0 Å². The molecule has 1 saturated heterocycles. The molecule has 21 heavy (non-hydrogen) atoms. The first kappa shape index (κ1) is 14.9. The molecule has 8 heteroatoms. The quantitative estimate of drug-likeness (QED) is 0.856. The van der Waals surface area contributed by atoms with Crippen LogP contribution in [0.25, 0.3) is 5.69 Å². The lowest BCUT2D eigenvalue weighted by molar-refractivity contribution is 0.602. The van der Waals surface area contributed by atoms with Gasteiger partial charge in [-0.05, 0) is 31.0 Å². The average Bonchev–Trinajstić information content (AvgIpc) is 3.00. The first-order valence-electron chi connectivity index (χ1n) is 6.48. The van der Waals surface area contributed by atoms with E-state index in [1.54, 1.807) is 6.33 Å². The minimum absolute atomic E-state index is 0.0406. The van der Waals surface area contributed by atoms with Crippen molar-refractivity contribution >= 4 is 33.2 Å². The summed E-state index contributed by atoms with van der Waals surface area (Å²) in [7, 11) is -2.89. The Balaban J connectivity index is 1.85. The number of aromatic nitrogens is 3. The van der Waals surface area contributed by atoms with Crippen LogP contribution in [-0.4, -0.2) is 39.9 Å². The minimum Gasteiger partial charge on any atom is -0.277 e. The third kappa shape index (κ3) is 3.25. The summed E-state index contributed by atoms with van der Waals surface area (Å²) in [6, 6.07) is 5.74. The Labute approximate surface area is 132 Å². The van der Waals surface area contributed by atoms with E-state index in [-0.39, 0.29) is 16.8 Å². The van der Waals surface area contributed by atoms with Gasteiger partial charge in [-0.3, -0.25) is 4.57 Å². The summed E-state index contributed by atoms with van der Waals surface area (Å²) < 4.78 is 24.9. The van der Waals surface area contributed by atoms with Gasteiger partial charge in [-0.25, -0.2) is 8.42 Å². The van der Waals surface area contributed by atoms with E-state index in [2.05, 4.69) is 10.2 Å². The molecule has 0 spiro atoms. The number of rotatable bonds is 3. The highest BCUT2D eigenvalue weighted by Crippen LogP contribution is 2.31. The first-order valence-corrected chi connectivity index (χ1v) is 9.56. The van der Waals surface area contributed by atoms with Crippen molar-refractivity contribution in [1.29, 1.82) is 0 Å². The number of hydrogen-bond donors (Lipinski definition) is 0. The maximum absolute atomic E-state index is 11.5. The van der Waals surface area contributed by atoms with Gasteiger partial charge in [-0.15, -0.1) is 10.2 Å². The van der Waals surface area contributed by atoms with E-state index in [0.717, 1.165) is 11.3 Å². The van der Waals surface area contributed by atoms with Gasteiger partial charge < -0.3 is 0 Å². The molecule has 2 aromatic rings. The van der Waals surface area contributed by atoms with Crippen molar-refractivity contribution in [1.82, 2.24) is 14.8 Å². The molecular weight excluding hydrogens is 330 g/mol. The van der Waals surface area contributed by atoms with Gasteiger partial charge in [0.25, 0.3) is 0 Å². The largest absolute Gasteiger partial charge is 0.277 e. The minimum atomic E-state index is -2.89. The molecule has 0 aliphatic carbocycles. The zero-order chi connectivity index (χ0) is 15.0. The molecule has 2 heterocycles. The van der Waals surface area contributed by atoms with Crippen molar-refractivity contribution in [3.05, 3.63) is 35.1 Å². The molecule has 0 saturated carbocycles. The van der Waals surface area contributed by atoms with E-state index in [4.69, 9.17) is 11.6 Å². The topological polar surface area (TPSA) is 64.8 Å². The molecule has 1 aromatic carbocycles. The zero-order valence-corrected chi connectivity index (χ0v) is 13.7. The van der Waals surface area contributed by atoms with E-state index in [1.807, 2.05) is 29.7 Å². The highest BCUT2D eigenvalue weighted by molar-refractivity contribution is 8.01. The lowest BCUT2D eigenvalue weighted by Crippen LogP contribution is -2.07. The van der Waals surface area contributed by atoms with E-state index in [1.165, 1.54) is 11.8 Å². The van der Waals surface area contributed by atoms with E-state index in [0.29, 0.717) is 16.6 Å². The Morgan fingerprint density at radius 1 is 1.43 bits per heavy atom. The second-order valence-corrected chi connectivity index (χ2v) is 8.96. The van der Waals surface area contributed by atoms with Gasteiger partial charge in [0.05, 0.1) is 17.2 Å². The molecule has 1 aliphatic rings. The van der Waals surface area contributed by atoms with Crippen molar-refractivity contribution in [2.75, 3.05) is 11.5 Å². The van der Waals surface area contributed by atoms with Crippen LogP contribution < -0.4 is 0 Å². The lowest BCUT2D eigenvalue weighted by atomic mass is 10.2. The second-order valence-electron chi connectivity index (χ2n) is 5.06. The summed E-state index contributed by atoms with van der Waals surface area (Å²) >= 11 is 7.61. The Bertz CT molecular complexity index is 773. The average molecular weight is 344 g/mol. The molecule has 1 aliphatic heterocycles. The Hall–Kier alpha value is -1.05. The summed E-state index contributed by atoms with van der Waals surface area (Å²) in [5.41, 5.74) is 1.88. The monoisotopic (exact) mass is 343 g/mol. The highest BCUT2D eigenvalue weighted by atomic mass is 35.5. The summed E-state index contributed by atoms with van der Waals surface area (Å²) in [6.07, 6.45) is 2.28. The molecule has 1 atom stereocenters. The molecule has 0 radical (unpaired) electrons. The van der Waals surface area contributed by atoms with Crippen LogP contribution in [0.5, 0.6) is 0 Å². The summed E-state index contributed by atoms with van der Waals surface area (Å²) in [6.45, 7) is 1.94. The van der Waals surface area contributed by atoms with Gasteiger partial charge in [0, 0.05) is 10.3 Å². The molecule has 1 aromatic heterocycles. The standard InChI is InChI=1S/C13H14ClN3O2S2/c1-9-2-3-10(6-12(9)14)17-8-15-16-13(17)20-11-4-5-21(18,19)7-11/h2-3,6,8,11H,4-5,7H2,1H3. The van der Waals surface area contributed by atoms with Crippen LogP contribution >= 0.6 is 23.4 Å². The number of halogens is 1. The predicted molar refractivity (Wildman–Crippen MR) is 84.0 cm³/mol. The van der Waals surface area contributed by atoms with Crippen molar-refractivity contribution < 1.29 is 8.42 Å². The number of benzene rings is 1. The van der Waals surface area contributed by atoms with E-state index < -0.39 is 9.84 Å². The molecule has 5 nitrogen and oxygen atoms in total. The number of hydrogen-bond acceptors (Lipinski definition) is 5. The fraction of sp³-hybridized carbons (Fsp3) is 0.385. The second kappa shape index (κ2) is 5.62. The van der Waals surface area contributed by atoms with Crippen molar-refractivity contribution in [3.63, 3.8) is 0 Å². The van der Waals surface area contributed by atoms with Crippen molar-refractivity contribution in [2.24, 2.45) is 0 Å². The Kier molecular flexibility index (Phi) is 3.98. The van der Waals surface area contributed by atoms with Crippen LogP contribution in [0.1, 0.15) is 12.0 Å². The molecule has 0 N–H and O–H groups in total. The first-order chi connectivity index (χ1) is 9.94. The van der Waals surface area contributed by atoms with E-state index >= 15 is 0 Å². The molecule has 0 bridgehead atoms. The molecular formula is C13H14ClN3O2S2. The van der Waals surface area contributed by atoms with Crippen LogP contribution in [0.4, 0.5) is 0 Å². The zero-order valence-electron chi connectivity index (χ0n) is 11.4. The van der Waals surface area contributed by atoms with Gasteiger partial charge in [0.2, 0.25) is 0 Å². The van der Waals surface area contributed by atoms with E-state index in [9.17, 15) is 8.42 Å². The van der Waals surface area contributed by atoms with Crippen LogP contribution in [0.15, 0.2) is 29.7 Å². The van der Waals surface area contributed by atoms with Crippen molar-refractivity contribution in [3.8, 4) is 5.69 Å². The molecule has 1 unspecified atom stereocenters. The Morgan fingerprint density at radius 2 is 2.24 bits per heavy atom. The number of thioether (sulfide) groups is 1. The summed E-state index contributed by atoms with van der Waals surface area (Å²) in [4.78, 5) is 0. The van der Waals surface area contributed by atoms with Crippen LogP contribution in [-0.2, 0) is 9.84 Å². The van der Waals surface area contributed by atoms with Crippen LogP contribution in [0.2, 0.25) is 5.02 Å². The molecule has 112 valence electrons. The highest BCUT2D eigenvalue weighted by Gasteiger charge is 2.30. The fourth-order valence-electron chi connectivity index (χ4n) is 2.22. The number of nitrogens with zero attached hydrogens (tertiary/aromatic N) is 3. The van der Waals surface area contributed by atoms with Gasteiger partial charge in [-0.1, -0.05) is 29.4 Å². The Morgan fingerprint density at radius 3 is 2.90 bits per heavy atom. The van der Waals surface area contributed by atoms with Gasteiger partial charge in [0.1, 0.15) is 6.33 Å². The van der Waals surface area contributed by atoms with Crippen LogP contribution in [0, 0.1) is 6.92 Å². The third-order valence-electron chi connectivity index (χ3n) is 3.41.